The maximum Gasteiger partial charge on any atom is 0.261 e. The molecule has 0 saturated heterocycles. The molecule has 0 radical (unpaired) electrons. The fourth-order valence-corrected chi connectivity index (χ4v) is 3.01. The molecule has 2 aromatic carbocycles. The van der Waals surface area contributed by atoms with E-state index >= 15 is 0 Å². The molecule has 2 N–H and O–H groups in total. The summed E-state index contributed by atoms with van der Waals surface area (Å²) in [7, 11) is 0. The van der Waals surface area contributed by atoms with E-state index in [1.165, 1.54) is 11.0 Å². The van der Waals surface area contributed by atoms with Gasteiger partial charge in [-0.3, -0.25) is 19.3 Å². The molecule has 1 aliphatic heterocycles. The van der Waals surface area contributed by atoms with Crippen LogP contribution in [0.2, 0.25) is 0 Å². The smallest absolute Gasteiger partial charge is 0.261 e. The summed E-state index contributed by atoms with van der Waals surface area (Å²) in [5.41, 5.74) is 1.89. The van der Waals surface area contributed by atoms with Crippen LogP contribution in [-0.4, -0.2) is 42.3 Å². The molecule has 3 rings (SSSR count). The van der Waals surface area contributed by atoms with Gasteiger partial charge in [-0.2, -0.15) is 0 Å². The van der Waals surface area contributed by atoms with Gasteiger partial charge in [-0.1, -0.05) is 37.3 Å². The van der Waals surface area contributed by atoms with E-state index in [4.69, 9.17) is 0 Å². The molecule has 0 spiro atoms. The molecule has 6 heteroatoms. The Morgan fingerprint density at radius 1 is 0.926 bits per heavy atom. The van der Waals surface area contributed by atoms with Crippen LogP contribution in [0.3, 0.4) is 0 Å². The zero-order valence-corrected chi connectivity index (χ0v) is 15.3. The van der Waals surface area contributed by atoms with E-state index in [2.05, 4.69) is 17.6 Å². The number of hydrogen-bond donors (Lipinski definition) is 2. The van der Waals surface area contributed by atoms with Crippen molar-refractivity contribution >= 4 is 17.7 Å². The van der Waals surface area contributed by atoms with Crippen LogP contribution in [0.25, 0.3) is 0 Å². The number of benzene rings is 2. The molecule has 0 unspecified atom stereocenters. The average molecular weight is 365 g/mol. The SMILES string of the molecule is CCCNCCNC(=O)c1ccc2c(c1)C(=O)N(Cc1ccccc1)C2=O. The molecule has 1 aliphatic rings. The quantitative estimate of drug-likeness (QED) is 0.555. The van der Waals surface area contributed by atoms with Gasteiger partial charge >= 0.3 is 0 Å². The van der Waals surface area contributed by atoms with Gasteiger partial charge in [-0.05, 0) is 36.7 Å². The summed E-state index contributed by atoms with van der Waals surface area (Å²) < 4.78 is 0. The number of amides is 3. The van der Waals surface area contributed by atoms with Crippen molar-refractivity contribution in [1.29, 1.82) is 0 Å². The van der Waals surface area contributed by atoms with Crippen LogP contribution in [0.15, 0.2) is 48.5 Å². The third-order valence-corrected chi connectivity index (χ3v) is 4.43. The predicted octanol–water partition coefficient (Wildman–Crippen LogP) is 2.21. The number of hydrogen-bond acceptors (Lipinski definition) is 4. The molecule has 0 bridgehead atoms. The molecule has 1 heterocycles. The van der Waals surface area contributed by atoms with Crippen molar-refractivity contribution in [2.24, 2.45) is 0 Å². The Bertz CT molecular complexity index is 849. The molecule has 0 saturated carbocycles. The molecule has 27 heavy (non-hydrogen) atoms. The molecule has 0 aliphatic carbocycles. The highest BCUT2D eigenvalue weighted by Crippen LogP contribution is 2.25. The lowest BCUT2D eigenvalue weighted by atomic mass is 10.1. The molecular weight excluding hydrogens is 342 g/mol. The summed E-state index contributed by atoms with van der Waals surface area (Å²) in [6, 6.07) is 14.0. The first kappa shape index (κ1) is 18.8. The molecular formula is C21H23N3O3. The molecule has 0 aromatic heterocycles. The van der Waals surface area contributed by atoms with Crippen LogP contribution in [0.4, 0.5) is 0 Å². The second-order valence-corrected chi connectivity index (χ2v) is 6.45. The standard InChI is InChI=1S/C21H23N3O3/c1-2-10-22-11-12-23-19(25)16-8-9-17-18(13-16)21(27)24(20(17)26)14-15-6-4-3-5-7-15/h3-9,13,22H,2,10-12,14H2,1H3,(H,23,25). The first-order chi connectivity index (χ1) is 13.1. The lowest BCUT2D eigenvalue weighted by Gasteiger charge is -2.13. The van der Waals surface area contributed by atoms with Crippen molar-refractivity contribution in [2.75, 3.05) is 19.6 Å². The van der Waals surface area contributed by atoms with Gasteiger partial charge in [0.25, 0.3) is 17.7 Å². The zero-order chi connectivity index (χ0) is 19.2. The Kier molecular flexibility index (Phi) is 5.98. The third-order valence-electron chi connectivity index (χ3n) is 4.43. The molecule has 2 aromatic rings. The Morgan fingerprint density at radius 2 is 1.67 bits per heavy atom. The van der Waals surface area contributed by atoms with Crippen molar-refractivity contribution in [3.8, 4) is 0 Å². The Morgan fingerprint density at radius 3 is 2.41 bits per heavy atom. The summed E-state index contributed by atoms with van der Waals surface area (Å²) in [6.07, 6.45) is 1.04. The lowest BCUT2D eigenvalue weighted by Crippen LogP contribution is -2.32. The zero-order valence-electron chi connectivity index (χ0n) is 15.3. The van der Waals surface area contributed by atoms with Gasteiger partial charge in [-0.15, -0.1) is 0 Å². The van der Waals surface area contributed by atoms with Crippen LogP contribution in [0.1, 0.15) is 50.0 Å². The highest BCUT2D eigenvalue weighted by molar-refractivity contribution is 6.22. The summed E-state index contributed by atoms with van der Waals surface area (Å²) in [5.74, 6) is -0.939. The molecule has 3 amide bonds. The highest BCUT2D eigenvalue weighted by atomic mass is 16.2. The highest BCUT2D eigenvalue weighted by Gasteiger charge is 2.35. The maximum absolute atomic E-state index is 12.7. The van der Waals surface area contributed by atoms with Crippen LogP contribution in [-0.2, 0) is 6.54 Å². The molecule has 0 fully saturated rings. The fraction of sp³-hybridized carbons (Fsp3) is 0.286. The van der Waals surface area contributed by atoms with Crippen molar-refractivity contribution < 1.29 is 14.4 Å². The molecule has 6 nitrogen and oxygen atoms in total. The van der Waals surface area contributed by atoms with Crippen LogP contribution in [0, 0.1) is 0 Å². The number of fused-ring (bicyclic) bond motifs is 1. The lowest BCUT2D eigenvalue weighted by molar-refractivity contribution is 0.0642. The monoisotopic (exact) mass is 365 g/mol. The van der Waals surface area contributed by atoms with Gasteiger partial charge in [0, 0.05) is 18.7 Å². The van der Waals surface area contributed by atoms with Crippen LogP contribution in [0.5, 0.6) is 0 Å². The van der Waals surface area contributed by atoms with Crippen LogP contribution < -0.4 is 10.6 Å². The van der Waals surface area contributed by atoms with E-state index in [1.807, 2.05) is 30.3 Å². The first-order valence-corrected chi connectivity index (χ1v) is 9.15. The van der Waals surface area contributed by atoms with Crippen molar-refractivity contribution in [3.63, 3.8) is 0 Å². The largest absolute Gasteiger partial charge is 0.351 e. The Hall–Kier alpha value is -2.99. The van der Waals surface area contributed by atoms with E-state index < -0.39 is 0 Å². The Balaban J connectivity index is 1.68. The number of rotatable bonds is 8. The van der Waals surface area contributed by atoms with E-state index in [1.54, 1.807) is 12.1 Å². The minimum Gasteiger partial charge on any atom is -0.351 e. The van der Waals surface area contributed by atoms with Crippen molar-refractivity contribution in [1.82, 2.24) is 15.5 Å². The average Bonchev–Trinajstić information content (AvgIpc) is 2.93. The topological polar surface area (TPSA) is 78.5 Å². The number of carbonyl (C=O) groups is 3. The van der Waals surface area contributed by atoms with Gasteiger partial charge in [0.05, 0.1) is 17.7 Å². The number of nitrogens with one attached hydrogen (secondary N) is 2. The van der Waals surface area contributed by atoms with Gasteiger partial charge in [0.15, 0.2) is 0 Å². The molecule has 0 atom stereocenters. The van der Waals surface area contributed by atoms with Crippen molar-refractivity contribution in [3.05, 3.63) is 70.8 Å². The second-order valence-electron chi connectivity index (χ2n) is 6.45. The number of imide groups is 1. The van der Waals surface area contributed by atoms with E-state index in [9.17, 15) is 14.4 Å². The van der Waals surface area contributed by atoms with Gasteiger partial charge in [0.2, 0.25) is 0 Å². The van der Waals surface area contributed by atoms with E-state index in [-0.39, 0.29) is 29.8 Å². The summed E-state index contributed by atoms with van der Waals surface area (Å²) >= 11 is 0. The van der Waals surface area contributed by atoms with Crippen molar-refractivity contribution in [2.45, 2.75) is 19.9 Å². The molecule has 140 valence electrons. The van der Waals surface area contributed by atoms with Gasteiger partial charge in [0.1, 0.15) is 0 Å². The van der Waals surface area contributed by atoms with Gasteiger partial charge in [-0.25, -0.2) is 0 Å². The Labute approximate surface area is 158 Å². The summed E-state index contributed by atoms with van der Waals surface area (Å²) in [6.45, 7) is 4.39. The van der Waals surface area contributed by atoms with E-state index in [0.717, 1.165) is 18.5 Å². The number of nitrogens with zero attached hydrogens (tertiary/aromatic N) is 1. The normalized spacial score (nSPS) is 13.0. The van der Waals surface area contributed by atoms with Gasteiger partial charge < -0.3 is 10.6 Å². The maximum atomic E-state index is 12.7. The van der Waals surface area contributed by atoms with E-state index in [0.29, 0.717) is 24.2 Å². The predicted molar refractivity (Wildman–Crippen MR) is 103 cm³/mol. The fourth-order valence-electron chi connectivity index (χ4n) is 3.01. The third kappa shape index (κ3) is 4.23. The number of carbonyl (C=O) groups excluding carboxylic acids is 3. The minimum absolute atomic E-state index is 0.220. The second kappa shape index (κ2) is 8.60. The first-order valence-electron chi connectivity index (χ1n) is 9.15. The van der Waals surface area contributed by atoms with Crippen LogP contribution >= 0.6 is 0 Å². The minimum atomic E-state index is -0.363. The summed E-state index contributed by atoms with van der Waals surface area (Å²) in [5, 5.41) is 6.02. The summed E-state index contributed by atoms with van der Waals surface area (Å²) in [4.78, 5) is 38.8.